The van der Waals surface area contributed by atoms with E-state index in [9.17, 15) is 4.79 Å². The standard InChI is InChI=1S/C11H20N2O3/c1-4-15-10-6-9-7(12-11(14)16-9)5-8(10)13(2)3/h7-10H,4-6H2,1-3H3,(H,12,14). The average molecular weight is 228 g/mol. The lowest BCUT2D eigenvalue weighted by atomic mass is 9.86. The fourth-order valence-electron chi connectivity index (χ4n) is 2.66. The van der Waals surface area contributed by atoms with Gasteiger partial charge in [-0.2, -0.15) is 0 Å². The Morgan fingerprint density at radius 3 is 2.88 bits per heavy atom. The number of nitrogens with zero attached hydrogens (tertiary/aromatic N) is 1. The van der Waals surface area contributed by atoms with Crippen molar-refractivity contribution in [3.05, 3.63) is 0 Å². The van der Waals surface area contributed by atoms with Gasteiger partial charge in [-0.15, -0.1) is 0 Å². The van der Waals surface area contributed by atoms with Gasteiger partial charge in [0.1, 0.15) is 6.10 Å². The number of ether oxygens (including phenoxy) is 2. The molecule has 1 saturated carbocycles. The molecule has 4 unspecified atom stereocenters. The third-order valence-electron chi connectivity index (χ3n) is 3.44. The van der Waals surface area contributed by atoms with Gasteiger partial charge in [0, 0.05) is 19.1 Å². The molecule has 1 N–H and O–H groups in total. The first-order chi connectivity index (χ1) is 7.61. The number of rotatable bonds is 3. The van der Waals surface area contributed by atoms with Crippen LogP contribution in [-0.4, -0.2) is 56.0 Å². The third-order valence-corrected chi connectivity index (χ3v) is 3.44. The Morgan fingerprint density at radius 2 is 2.25 bits per heavy atom. The molecule has 92 valence electrons. The van der Waals surface area contributed by atoms with Crippen LogP contribution in [0, 0.1) is 0 Å². The fraction of sp³-hybridized carbons (Fsp3) is 0.909. The van der Waals surface area contributed by atoms with Crippen molar-refractivity contribution in [3.8, 4) is 0 Å². The predicted octanol–water partition coefficient (Wildman–Crippen LogP) is 0.593. The lowest BCUT2D eigenvalue weighted by Crippen LogP contribution is -2.53. The molecule has 5 heteroatoms. The van der Waals surface area contributed by atoms with Gasteiger partial charge in [-0.05, 0) is 27.4 Å². The molecule has 16 heavy (non-hydrogen) atoms. The monoisotopic (exact) mass is 228 g/mol. The summed E-state index contributed by atoms with van der Waals surface area (Å²) in [6.45, 7) is 2.70. The molecular weight excluding hydrogens is 208 g/mol. The number of amides is 1. The Morgan fingerprint density at radius 1 is 1.50 bits per heavy atom. The average Bonchev–Trinajstić information content (AvgIpc) is 2.56. The summed E-state index contributed by atoms with van der Waals surface area (Å²) in [6, 6.07) is 0.500. The van der Waals surface area contributed by atoms with Crippen LogP contribution in [0.2, 0.25) is 0 Å². The first kappa shape index (κ1) is 11.7. The predicted molar refractivity (Wildman–Crippen MR) is 59.3 cm³/mol. The maximum Gasteiger partial charge on any atom is 0.407 e. The van der Waals surface area contributed by atoms with Gasteiger partial charge in [-0.3, -0.25) is 0 Å². The third kappa shape index (κ3) is 2.15. The Hall–Kier alpha value is -0.810. The summed E-state index contributed by atoms with van der Waals surface area (Å²) >= 11 is 0. The molecule has 5 nitrogen and oxygen atoms in total. The van der Waals surface area contributed by atoms with Crippen molar-refractivity contribution in [1.82, 2.24) is 10.2 Å². The highest BCUT2D eigenvalue weighted by Gasteiger charge is 2.44. The molecule has 2 fully saturated rings. The molecule has 0 aromatic heterocycles. The van der Waals surface area contributed by atoms with Crippen molar-refractivity contribution >= 4 is 6.09 Å². The smallest absolute Gasteiger partial charge is 0.407 e. The summed E-state index contributed by atoms with van der Waals surface area (Å²) in [5.41, 5.74) is 0. The van der Waals surface area contributed by atoms with Crippen molar-refractivity contribution in [2.75, 3.05) is 20.7 Å². The summed E-state index contributed by atoms with van der Waals surface area (Å²) < 4.78 is 11.0. The quantitative estimate of drug-likeness (QED) is 0.768. The molecule has 2 rings (SSSR count). The molecule has 1 saturated heterocycles. The number of nitrogens with one attached hydrogen (secondary N) is 1. The molecule has 4 atom stereocenters. The van der Waals surface area contributed by atoms with E-state index in [1.165, 1.54) is 0 Å². The highest BCUT2D eigenvalue weighted by molar-refractivity contribution is 5.70. The number of likely N-dealkylation sites (N-methyl/N-ethyl adjacent to an activating group) is 1. The van der Waals surface area contributed by atoms with E-state index in [0.29, 0.717) is 12.6 Å². The highest BCUT2D eigenvalue weighted by Crippen LogP contribution is 2.30. The second kappa shape index (κ2) is 4.59. The van der Waals surface area contributed by atoms with Gasteiger partial charge < -0.3 is 19.7 Å². The normalized spacial score (nSPS) is 38.1. The largest absolute Gasteiger partial charge is 0.444 e. The number of fused-ring (bicyclic) bond motifs is 1. The van der Waals surface area contributed by atoms with E-state index in [4.69, 9.17) is 9.47 Å². The second-order valence-corrected chi connectivity index (χ2v) is 4.69. The van der Waals surface area contributed by atoms with Crippen LogP contribution in [0.5, 0.6) is 0 Å². The zero-order valence-electron chi connectivity index (χ0n) is 10.1. The van der Waals surface area contributed by atoms with E-state index in [0.717, 1.165) is 12.8 Å². The van der Waals surface area contributed by atoms with Crippen LogP contribution in [0.4, 0.5) is 4.79 Å². The van der Waals surface area contributed by atoms with Crippen LogP contribution in [0.25, 0.3) is 0 Å². The Bertz CT molecular complexity index is 270. The van der Waals surface area contributed by atoms with Crippen LogP contribution in [0.3, 0.4) is 0 Å². The van der Waals surface area contributed by atoms with Crippen LogP contribution in [-0.2, 0) is 9.47 Å². The summed E-state index contributed by atoms with van der Waals surface area (Å²) in [7, 11) is 4.10. The van der Waals surface area contributed by atoms with Crippen LogP contribution < -0.4 is 5.32 Å². The van der Waals surface area contributed by atoms with Crippen molar-refractivity contribution in [2.24, 2.45) is 0 Å². The van der Waals surface area contributed by atoms with Crippen molar-refractivity contribution < 1.29 is 14.3 Å². The first-order valence-electron chi connectivity index (χ1n) is 5.87. The number of alkyl carbamates (subject to hydrolysis) is 1. The molecule has 0 radical (unpaired) electrons. The van der Waals surface area contributed by atoms with Crippen LogP contribution in [0.15, 0.2) is 0 Å². The molecule has 0 bridgehead atoms. The summed E-state index contributed by atoms with van der Waals surface area (Å²) in [5.74, 6) is 0. The number of carbonyl (C=O) groups is 1. The van der Waals surface area contributed by atoms with Crippen LogP contribution >= 0.6 is 0 Å². The first-order valence-corrected chi connectivity index (χ1v) is 5.87. The van der Waals surface area contributed by atoms with E-state index in [-0.39, 0.29) is 24.3 Å². The molecule has 1 aliphatic carbocycles. The van der Waals surface area contributed by atoms with Gasteiger partial charge >= 0.3 is 6.09 Å². The Kier molecular flexibility index (Phi) is 3.35. The fourth-order valence-corrected chi connectivity index (χ4v) is 2.66. The molecule has 0 spiro atoms. The minimum Gasteiger partial charge on any atom is -0.444 e. The van der Waals surface area contributed by atoms with Gasteiger partial charge in [0.15, 0.2) is 0 Å². The number of carbonyl (C=O) groups excluding carboxylic acids is 1. The molecule has 0 aromatic carbocycles. The maximum atomic E-state index is 11.2. The van der Waals surface area contributed by atoms with Gasteiger partial charge in [0.25, 0.3) is 0 Å². The van der Waals surface area contributed by atoms with Gasteiger partial charge in [-0.25, -0.2) is 4.79 Å². The zero-order chi connectivity index (χ0) is 11.7. The van der Waals surface area contributed by atoms with Gasteiger partial charge in [0.2, 0.25) is 0 Å². The van der Waals surface area contributed by atoms with E-state index in [2.05, 4.69) is 24.3 Å². The van der Waals surface area contributed by atoms with E-state index in [1.807, 2.05) is 6.92 Å². The van der Waals surface area contributed by atoms with E-state index >= 15 is 0 Å². The summed E-state index contributed by atoms with van der Waals surface area (Å²) in [5, 5.41) is 2.86. The maximum absolute atomic E-state index is 11.2. The van der Waals surface area contributed by atoms with E-state index in [1.54, 1.807) is 0 Å². The minimum absolute atomic E-state index is 0.0137. The highest BCUT2D eigenvalue weighted by atomic mass is 16.6. The molecule has 1 amide bonds. The van der Waals surface area contributed by atoms with Gasteiger partial charge in [-0.1, -0.05) is 0 Å². The molecular formula is C11H20N2O3. The van der Waals surface area contributed by atoms with Crippen LogP contribution in [0.1, 0.15) is 19.8 Å². The summed E-state index contributed by atoms with van der Waals surface area (Å²) in [4.78, 5) is 13.3. The minimum atomic E-state index is -0.287. The molecule has 1 heterocycles. The molecule has 1 aliphatic heterocycles. The van der Waals surface area contributed by atoms with Crippen molar-refractivity contribution in [1.29, 1.82) is 0 Å². The Balaban J connectivity index is 2.05. The van der Waals surface area contributed by atoms with Crippen molar-refractivity contribution in [3.63, 3.8) is 0 Å². The second-order valence-electron chi connectivity index (χ2n) is 4.69. The Labute approximate surface area is 96.1 Å². The lowest BCUT2D eigenvalue weighted by molar-refractivity contribution is -0.0512. The zero-order valence-corrected chi connectivity index (χ0v) is 10.1. The number of hydrogen-bond acceptors (Lipinski definition) is 4. The number of hydrogen-bond donors (Lipinski definition) is 1. The lowest BCUT2D eigenvalue weighted by Gasteiger charge is -2.39. The molecule has 0 aromatic rings. The topological polar surface area (TPSA) is 50.8 Å². The summed E-state index contributed by atoms with van der Waals surface area (Å²) in [6.07, 6.45) is 1.55. The van der Waals surface area contributed by atoms with Gasteiger partial charge in [0.05, 0.1) is 12.1 Å². The van der Waals surface area contributed by atoms with E-state index < -0.39 is 0 Å². The molecule has 2 aliphatic rings. The SMILES string of the molecule is CCOC1CC2OC(=O)NC2CC1N(C)C. The van der Waals surface area contributed by atoms with Crippen molar-refractivity contribution in [2.45, 2.75) is 44.1 Å².